The Morgan fingerprint density at radius 3 is 2.71 bits per heavy atom. The molecule has 0 aliphatic carbocycles. The van der Waals surface area contributed by atoms with E-state index < -0.39 is 11.7 Å². The van der Waals surface area contributed by atoms with Crippen LogP contribution in [0.15, 0.2) is 67.0 Å². The standard InChI is InChI=1S/C24H23F3N4/c25-24(26,27)18-7-3-6-17(16-18)23-22-20(19-8-1-2-9-21(19)29-22)10-15-30(23)12-5-14-31-13-4-11-28-31/h1-4,6-9,11,13,16,23,29H,5,10,12,14-15H2/t23-/m0/s1. The van der Waals surface area contributed by atoms with Gasteiger partial charge in [0.25, 0.3) is 0 Å². The molecule has 0 amide bonds. The average molecular weight is 424 g/mol. The summed E-state index contributed by atoms with van der Waals surface area (Å²) in [5.41, 5.74) is 3.31. The molecule has 5 rings (SSSR count). The molecule has 1 N–H and O–H groups in total. The minimum Gasteiger partial charge on any atom is -0.357 e. The second-order valence-electron chi connectivity index (χ2n) is 8.00. The van der Waals surface area contributed by atoms with Gasteiger partial charge in [0.1, 0.15) is 0 Å². The molecular weight excluding hydrogens is 401 g/mol. The van der Waals surface area contributed by atoms with Crippen molar-refractivity contribution in [3.05, 3.63) is 89.4 Å². The Labute approximate surface area is 178 Å². The first kappa shape index (κ1) is 19.9. The number of benzene rings is 2. The quantitative estimate of drug-likeness (QED) is 0.464. The van der Waals surface area contributed by atoms with Gasteiger partial charge in [0.05, 0.1) is 11.6 Å². The highest BCUT2D eigenvalue weighted by Crippen LogP contribution is 2.40. The Balaban J connectivity index is 1.52. The monoisotopic (exact) mass is 424 g/mol. The van der Waals surface area contributed by atoms with E-state index in [1.165, 1.54) is 17.7 Å². The molecule has 4 aromatic rings. The van der Waals surface area contributed by atoms with Crippen LogP contribution < -0.4 is 0 Å². The zero-order chi connectivity index (χ0) is 21.4. The highest BCUT2D eigenvalue weighted by molar-refractivity contribution is 5.85. The first-order valence-electron chi connectivity index (χ1n) is 10.5. The Morgan fingerprint density at radius 1 is 1.03 bits per heavy atom. The molecule has 31 heavy (non-hydrogen) atoms. The van der Waals surface area contributed by atoms with Crippen molar-refractivity contribution >= 4 is 10.9 Å². The zero-order valence-corrected chi connectivity index (χ0v) is 16.9. The highest BCUT2D eigenvalue weighted by Gasteiger charge is 2.34. The maximum atomic E-state index is 13.4. The molecule has 2 aromatic heterocycles. The molecule has 7 heteroatoms. The van der Waals surface area contributed by atoms with Crippen LogP contribution in [0.25, 0.3) is 10.9 Å². The van der Waals surface area contributed by atoms with Gasteiger partial charge in [-0.1, -0.05) is 30.3 Å². The normalized spacial score (nSPS) is 17.2. The smallest absolute Gasteiger partial charge is 0.357 e. The van der Waals surface area contributed by atoms with E-state index in [1.807, 2.05) is 35.1 Å². The van der Waals surface area contributed by atoms with Gasteiger partial charge in [0.2, 0.25) is 0 Å². The summed E-state index contributed by atoms with van der Waals surface area (Å²) in [5.74, 6) is 0. The number of hydrogen-bond acceptors (Lipinski definition) is 2. The average Bonchev–Trinajstić information content (AvgIpc) is 3.40. The third-order valence-corrected chi connectivity index (χ3v) is 6.06. The van der Waals surface area contributed by atoms with Gasteiger partial charge in [-0.15, -0.1) is 0 Å². The van der Waals surface area contributed by atoms with E-state index in [4.69, 9.17) is 0 Å². The lowest BCUT2D eigenvalue weighted by Gasteiger charge is -2.36. The van der Waals surface area contributed by atoms with Crippen LogP contribution in [0.2, 0.25) is 0 Å². The predicted molar refractivity (Wildman–Crippen MR) is 114 cm³/mol. The molecule has 0 saturated carbocycles. The second kappa shape index (κ2) is 7.89. The SMILES string of the molecule is FC(F)(F)c1cccc([C@H]2c3[nH]c4ccccc4c3CCN2CCCn2cccn2)c1. The largest absolute Gasteiger partial charge is 0.416 e. The third kappa shape index (κ3) is 3.85. The number of fused-ring (bicyclic) bond motifs is 3. The molecule has 4 nitrogen and oxygen atoms in total. The molecule has 0 bridgehead atoms. The van der Waals surface area contributed by atoms with Crippen molar-refractivity contribution < 1.29 is 13.2 Å². The highest BCUT2D eigenvalue weighted by atomic mass is 19.4. The lowest BCUT2D eigenvalue weighted by Crippen LogP contribution is -2.37. The number of hydrogen-bond donors (Lipinski definition) is 1. The predicted octanol–water partition coefficient (Wildman–Crippen LogP) is 5.42. The number of aryl methyl sites for hydroxylation is 1. The molecule has 1 atom stereocenters. The number of H-pyrrole nitrogens is 1. The third-order valence-electron chi connectivity index (χ3n) is 6.06. The topological polar surface area (TPSA) is 36.9 Å². The van der Waals surface area contributed by atoms with Crippen molar-refractivity contribution in [2.75, 3.05) is 13.1 Å². The van der Waals surface area contributed by atoms with Gasteiger partial charge in [-0.3, -0.25) is 9.58 Å². The van der Waals surface area contributed by atoms with Crippen molar-refractivity contribution in [1.82, 2.24) is 19.7 Å². The van der Waals surface area contributed by atoms with E-state index in [1.54, 1.807) is 12.3 Å². The first-order valence-corrected chi connectivity index (χ1v) is 10.5. The first-order chi connectivity index (χ1) is 15.0. The van der Waals surface area contributed by atoms with Crippen LogP contribution in [0.1, 0.15) is 34.8 Å². The number of nitrogens with zero attached hydrogens (tertiary/aromatic N) is 3. The molecule has 0 unspecified atom stereocenters. The van der Waals surface area contributed by atoms with Gasteiger partial charge in [0.15, 0.2) is 0 Å². The number of aromatic amines is 1. The van der Waals surface area contributed by atoms with E-state index >= 15 is 0 Å². The Bertz CT molecular complexity index is 1180. The Kier molecular flexibility index (Phi) is 5.06. The van der Waals surface area contributed by atoms with Crippen molar-refractivity contribution in [1.29, 1.82) is 0 Å². The molecular formula is C24H23F3N4. The molecule has 1 aliphatic rings. The molecule has 3 heterocycles. The van der Waals surface area contributed by atoms with E-state index in [9.17, 15) is 13.2 Å². The number of para-hydroxylation sites is 1. The fourth-order valence-electron chi connectivity index (χ4n) is 4.66. The maximum absolute atomic E-state index is 13.4. The van der Waals surface area contributed by atoms with Gasteiger partial charge in [-0.2, -0.15) is 18.3 Å². The number of nitrogens with one attached hydrogen (secondary N) is 1. The summed E-state index contributed by atoms with van der Waals surface area (Å²) in [4.78, 5) is 5.80. The summed E-state index contributed by atoms with van der Waals surface area (Å²) >= 11 is 0. The fraction of sp³-hybridized carbons (Fsp3) is 0.292. The molecule has 2 aromatic carbocycles. The fourth-order valence-corrected chi connectivity index (χ4v) is 4.66. The van der Waals surface area contributed by atoms with Crippen LogP contribution in [-0.2, 0) is 19.1 Å². The summed E-state index contributed by atoms with van der Waals surface area (Å²) in [6.45, 7) is 2.35. The van der Waals surface area contributed by atoms with Crippen molar-refractivity contribution in [3.63, 3.8) is 0 Å². The molecule has 160 valence electrons. The second-order valence-corrected chi connectivity index (χ2v) is 8.00. The van der Waals surface area contributed by atoms with Crippen molar-refractivity contribution in [2.24, 2.45) is 0 Å². The minimum atomic E-state index is -4.36. The lowest BCUT2D eigenvalue weighted by atomic mass is 9.91. The van der Waals surface area contributed by atoms with E-state index in [0.29, 0.717) is 5.56 Å². The summed E-state index contributed by atoms with van der Waals surface area (Å²) in [6.07, 6.45) is 1.06. The molecule has 0 spiro atoms. The number of alkyl halides is 3. The van der Waals surface area contributed by atoms with Crippen LogP contribution in [0.3, 0.4) is 0 Å². The van der Waals surface area contributed by atoms with Crippen LogP contribution in [-0.4, -0.2) is 32.8 Å². The van der Waals surface area contributed by atoms with Crippen LogP contribution in [0, 0.1) is 0 Å². The maximum Gasteiger partial charge on any atom is 0.416 e. The van der Waals surface area contributed by atoms with Gasteiger partial charge in [-0.25, -0.2) is 0 Å². The van der Waals surface area contributed by atoms with Gasteiger partial charge < -0.3 is 4.98 Å². The molecule has 0 fully saturated rings. The minimum absolute atomic E-state index is 0.240. The van der Waals surface area contributed by atoms with Gasteiger partial charge in [0, 0.05) is 48.6 Å². The lowest BCUT2D eigenvalue weighted by molar-refractivity contribution is -0.137. The zero-order valence-electron chi connectivity index (χ0n) is 16.9. The van der Waals surface area contributed by atoms with Crippen LogP contribution in [0.5, 0.6) is 0 Å². The summed E-state index contributed by atoms with van der Waals surface area (Å²) in [5, 5.41) is 5.40. The van der Waals surface area contributed by atoms with E-state index in [2.05, 4.69) is 21.0 Å². The van der Waals surface area contributed by atoms with Crippen LogP contribution in [0.4, 0.5) is 13.2 Å². The number of halogens is 3. The van der Waals surface area contributed by atoms with Crippen molar-refractivity contribution in [2.45, 2.75) is 31.6 Å². The van der Waals surface area contributed by atoms with E-state index in [-0.39, 0.29) is 6.04 Å². The summed E-state index contributed by atoms with van der Waals surface area (Å²) < 4.78 is 42.2. The molecule has 0 saturated heterocycles. The number of rotatable bonds is 5. The molecule has 0 radical (unpaired) electrons. The summed E-state index contributed by atoms with van der Waals surface area (Å²) in [6, 6.07) is 15.5. The number of aromatic nitrogens is 3. The van der Waals surface area contributed by atoms with E-state index in [0.717, 1.165) is 55.1 Å². The Hall–Kier alpha value is -3.06. The molecule has 1 aliphatic heterocycles. The Morgan fingerprint density at radius 2 is 1.90 bits per heavy atom. The van der Waals surface area contributed by atoms with Crippen LogP contribution >= 0.6 is 0 Å². The van der Waals surface area contributed by atoms with Gasteiger partial charge in [-0.05, 0) is 48.2 Å². The van der Waals surface area contributed by atoms with Gasteiger partial charge >= 0.3 is 6.18 Å². The van der Waals surface area contributed by atoms with Crippen molar-refractivity contribution in [3.8, 4) is 0 Å². The summed E-state index contributed by atoms with van der Waals surface area (Å²) in [7, 11) is 0.